The minimum atomic E-state index is -5.06. The maximum absolute atomic E-state index is 13.4. The van der Waals surface area contributed by atoms with Crippen molar-refractivity contribution < 1.29 is 31.1 Å². The number of aromatic nitrogens is 5. The van der Waals surface area contributed by atoms with Crippen LogP contribution in [0, 0.1) is 12.8 Å². The van der Waals surface area contributed by atoms with E-state index in [1.54, 1.807) is 19.9 Å². The first-order valence-electron chi connectivity index (χ1n) is 10.7. The molecule has 0 radical (unpaired) electrons. The molecule has 1 aromatic carbocycles. The molecule has 1 unspecified atom stereocenters. The van der Waals surface area contributed by atoms with Crippen molar-refractivity contribution in [2.45, 2.75) is 45.1 Å². The number of rotatable bonds is 6. The normalized spacial score (nSPS) is 15.2. The summed E-state index contributed by atoms with van der Waals surface area (Å²) in [5.41, 5.74) is -3.81. The molecule has 1 aliphatic rings. The summed E-state index contributed by atoms with van der Waals surface area (Å²) in [6.45, 7) is 3.33. The number of benzene rings is 1. The van der Waals surface area contributed by atoms with Gasteiger partial charge in [0.2, 0.25) is 0 Å². The van der Waals surface area contributed by atoms with Gasteiger partial charge in [-0.15, -0.1) is 5.10 Å². The van der Waals surface area contributed by atoms with E-state index in [0.29, 0.717) is 18.0 Å². The van der Waals surface area contributed by atoms with Gasteiger partial charge in [-0.05, 0) is 56.9 Å². The SMILES string of the molecule is Cc1nc(C(C)N(CC2CC2)C(=O)c2cc(C(F)(F)F)cc(C(F)(F)F)c2)n(-c2ncccn2)n1. The lowest BCUT2D eigenvalue weighted by molar-refractivity contribution is -0.143. The van der Waals surface area contributed by atoms with Crippen molar-refractivity contribution in [3.05, 3.63) is 65.0 Å². The highest BCUT2D eigenvalue weighted by Crippen LogP contribution is 2.38. The van der Waals surface area contributed by atoms with Gasteiger partial charge in [-0.3, -0.25) is 4.79 Å². The second kappa shape index (κ2) is 8.93. The van der Waals surface area contributed by atoms with Crippen molar-refractivity contribution >= 4 is 5.91 Å². The number of amides is 1. The maximum atomic E-state index is 13.4. The Hall–Kier alpha value is -3.51. The molecule has 3 aromatic rings. The standard InChI is InChI=1S/C22H20F6N6O/c1-12(18-31-13(2)32-34(18)20-29-6-3-7-30-20)33(11-14-4-5-14)19(35)15-8-16(21(23,24)25)10-17(9-15)22(26,27)28/h3,6-10,12,14H,4-5,11H2,1-2H3. The van der Waals surface area contributed by atoms with Gasteiger partial charge in [0.1, 0.15) is 5.82 Å². The Morgan fingerprint density at radius 2 is 1.63 bits per heavy atom. The summed E-state index contributed by atoms with van der Waals surface area (Å²) < 4.78 is 81.5. The highest BCUT2D eigenvalue weighted by atomic mass is 19.4. The van der Waals surface area contributed by atoms with Crippen LogP contribution in [-0.4, -0.2) is 42.1 Å². The zero-order chi connectivity index (χ0) is 25.5. The molecule has 0 spiro atoms. The van der Waals surface area contributed by atoms with E-state index in [2.05, 4.69) is 20.1 Å². The second-order valence-electron chi connectivity index (χ2n) is 8.35. The zero-order valence-electron chi connectivity index (χ0n) is 18.6. The monoisotopic (exact) mass is 498 g/mol. The number of carbonyl (C=O) groups is 1. The second-order valence-corrected chi connectivity index (χ2v) is 8.35. The van der Waals surface area contributed by atoms with Crippen LogP contribution in [0.3, 0.4) is 0 Å². The van der Waals surface area contributed by atoms with E-state index in [1.807, 2.05) is 0 Å². The number of carbonyl (C=O) groups excluding carboxylic acids is 1. The summed E-state index contributed by atoms with van der Waals surface area (Å²) in [5, 5.41) is 4.25. The highest BCUT2D eigenvalue weighted by Gasteiger charge is 2.39. The molecule has 1 fully saturated rings. The predicted octanol–water partition coefficient (Wildman–Crippen LogP) is 5.02. The van der Waals surface area contributed by atoms with Crippen molar-refractivity contribution in [3.8, 4) is 5.95 Å². The summed E-state index contributed by atoms with van der Waals surface area (Å²) in [4.78, 5) is 27.2. The van der Waals surface area contributed by atoms with Crippen molar-refractivity contribution in [1.29, 1.82) is 0 Å². The molecular formula is C22H20F6N6O. The summed E-state index contributed by atoms with van der Waals surface area (Å²) in [5.74, 6) is -0.170. The van der Waals surface area contributed by atoms with E-state index in [0.717, 1.165) is 12.8 Å². The number of nitrogens with zero attached hydrogens (tertiary/aromatic N) is 6. The molecule has 7 nitrogen and oxygen atoms in total. The fraction of sp³-hybridized carbons (Fsp3) is 0.409. The Balaban J connectivity index is 1.77. The summed E-state index contributed by atoms with van der Waals surface area (Å²) in [6, 6.07) is 1.63. The lowest BCUT2D eigenvalue weighted by Gasteiger charge is -2.29. The molecule has 1 saturated carbocycles. The van der Waals surface area contributed by atoms with E-state index < -0.39 is 41.0 Å². The number of hydrogen-bond donors (Lipinski definition) is 0. The zero-order valence-corrected chi connectivity index (χ0v) is 18.6. The third-order valence-electron chi connectivity index (χ3n) is 5.57. The molecular weight excluding hydrogens is 478 g/mol. The average molecular weight is 498 g/mol. The van der Waals surface area contributed by atoms with Crippen LogP contribution in [0.2, 0.25) is 0 Å². The van der Waals surface area contributed by atoms with Gasteiger partial charge in [0, 0.05) is 24.5 Å². The molecule has 0 N–H and O–H groups in total. The van der Waals surface area contributed by atoms with E-state index in [9.17, 15) is 31.1 Å². The minimum absolute atomic E-state index is 0.00182. The van der Waals surface area contributed by atoms with Gasteiger partial charge in [-0.1, -0.05) is 0 Å². The van der Waals surface area contributed by atoms with Crippen LogP contribution in [0.15, 0.2) is 36.7 Å². The predicted molar refractivity (Wildman–Crippen MR) is 110 cm³/mol. The molecule has 1 aliphatic carbocycles. The fourth-order valence-corrected chi connectivity index (χ4v) is 3.63. The van der Waals surface area contributed by atoms with E-state index in [-0.39, 0.29) is 30.3 Å². The van der Waals surface area contributed by atoms with Crippen LogP contribution in [0.5, 0.6) is 0 Å². The minimum Gasteiger partial charge on any atom is -0.328 e. The topological polar surface area (TPSA) is 76.8 Å². The Bertz CT molecular complexity index is 1190. The van der Waals surface area contributed by atoms with Crippen molar-refractivity contribution in [3.63, 3.8) is 0 Å². The maximum Gasteiger partial charge on any atom is 0.416 e. The fourth-order valence-electron chi connectivity index (χ4n) is 3.63. The van der Waals surface area contributed by atoms with Crippen molar-refractivity contribution in [2.75, 3.05) is 6.54 Å². The first-order chi connectivity index (χ1) is 16.3. The number of hydrogen-bond acceptors (Lipinski definition) is 5. The summed E-state index contributed by atoms with van der Waals surface area (Å²) in [6.07, 6.45) is -5.60. The van der Waals surface area contributed by atoms with Crippen LogP contribution in [0.1, 0.15) is 58.9 Å². The van der Waals surface area contributed by atoms with Crippen molar-refractivity contribution in [1.82, 2.24) is 29.6 Å². The Kier molecular flexibility index (Phi) is 6.28. The van der Waals surface area contributed by atoms with Crippen LogP contribution in [-0.2, 0) is 12.4 Å². The Morgan fingerprint density at radius 1 is 1.06 bits per heavy atom. The van der Waals surface area contributed by atoms with Crippen molar-refractivity contribution in [2.24, 2.45) is 5.92 Å². The molecule has 35 heavy (non-hydrogen) atoms. The molecule has 0 bridgehead atoms. The largest absolute Gasteiger partial charge is 0.416 e. The van der Waals surface area contributed by atoms with Gasteiger partial charge in [0.05, 0.1) is 17.2 Å². The number of alkyl halides is 6. The van der Waals surface area contributed by atoms with Gasteiger partial charge in [0.15, 0.2) is 5.82 Å². The first-order valence-corrected chi connectivity index (χ1v) is 10.7. The quantitative estimate of drug-likeness (QED) is 0.447. The van der Waals surface area contributed by atoms with E-state index in [1.165, 1.54) is 22.0 Å². The average Bonchev–Trinajstić information content (AvgIpc) is 3.54. The summed E-state index contributed by atoms with van der Waals surface area (Å²) >= 11 is 0. The third kappa shape index (κ3) is 5.43. The van der Waals surface area contributed by atoms with E-state index >= 15 is 0 Å². The van der Waals surface area contributed by atoms with Crippen LogP contribution >= 0.6 is 0 Å². The number of aryl methyl sites for hydroxylation is 1. The smallest absolute Gasteiger partial charge is 0.328 e. The molecule has 13 heteroatoms. The Labute approximate surface area is 195 Å². The first kappa shape index (κ1) is 24.6. The van der Waals surface area contributed by atoms with Gasteiger partial charge < -0.3 is 4.90 Å². The molecule has 4 rings (SSSR count). The van der Waals surface area contributed by atoms with Crippen LogP contribution in [0.25, 0.3) is 5.95 Å². The number of halogens is 6. The molecule has 1 amide bonds. The van der Waals surface area contributed by atoms with Crippen LogP contribution < -0.4 is 0 Å². The van der Waals surface area contributed by atoms with E-state index in [4.69, 9.17) is 0 Å². The van der Waals surface area contributed by atoms with Gasteiger partial charge in [0.25, 0.3) is 11.9 Å². The lowest BCUT2D eigenvalue weighted by atomic mass is 10.0. The van der Waals surface area contributed by atoms with Gasteiger partial charge in [-0.25, -0.2) is 15.0 Å². The highest BCUT2D eigenvalue weighted by molar-refractivity contribution is 5.95. The molecule has 2 heterocycles. The molecule has 1 atom stereocenters. The lowest BCUT2D eigenvalue weighted by Crippen LogP contribution is -2.37. The van der Waals surface area contributed by atoms with Gasteiger partial charge in [-0.2, -0.15) is 31.0 Å². The molecule has 0 saturated heterocycles. The Morgan fingerprint density at radius 3 is 2.14 bits per heavy atom. The molecule has 186 valence electrons. The summed E-state index contributed by atoms with van der Waals surface area (Å²) in [7, 11) is 0. The molecule has 2 aromatic heterocycles. The van der Waals surface area contributed by atoms with Gasteiger partial charge >= 0.3 is 12.4 Å². The van der Waals surface area contributed by atoms with Crippen LogP contribution in [0.4, 0.5) is 26.3 Å². The molecule has 0 aliphatic heterocycles. The third-order valence-corrected chi connectivity index (χ3v) is 5.57.